The molecule has 1 saturated carbocycles. The summed E-state index contributed by atoms with van der Waals surface area (Å²) in [5.41, 5.74) is -0.307. The number of β-lactam (4-membered cyclic amide) rings is 1. The Labute approximate surface area is 204 Å². The molecule has 0 spiro atoms. The zero-order chi connectivity index (χ0) is 24.6. The van der Waals surface area contributed by atoms with E-state index in [1.165, 1.54) is 12.8 Å². The zero-order valence-electron chi connectivity index (χ0n) is 21.5. The third kappa shape index (κ3) is 6.68. The first kappa shape index (κ1) is 26.9. The lowest BCUT2D eigenvalue weighted by atomic mass is 9.77. The minimum atomic E-state index is -1.07. The highest BCUT2D eigenvalue weighted by molar-refractivity contribution is 5.93. The molecule has 8 nitrogen and oxygen atoms in total. The number of pyridine rings is 1. The van der Waals surface area contributed by atoms with Crippen LogP contribution in [-0.2, 0) is 30.2 Å². The van der Waals surface area contributed by atoms with Gasteiger partial charge in [0.1, 0.15) is 19.3 Å². The molecule has 8 heteroatoms. The lowest BCUT2D eigenvalue weighted by Gasteiger charge is -2.55. The molecule has 192 valence electrons. The molecule has 0 aromatic carbocycles. The smallest absolute Gasteiger partial charge is 0.259 e. The minimum absolute atomic E-state index is 0.0202. The molecule has 2 aliphatic rings. The fourth-order valence-electron chi connectivity index (χ4n) is 4.90. The SMILES string of the molecule is COCO[C@@]1(Cc2cc(OC3CCC(C)CC3)ccn2)C(=O)N(COC)[C@H]1CCOCC(C)C. The van der Waals surface area contributed by atoms with Gasteiger partial charge in [0.05, 0.1) is 12.1 Å². The maximum Gasteiger partial charge on any atom is 0.259 e. The van der Waals surface area contributed by atoms with Gasteiger partial charge in [0, 0.05) is 51.8 Å². The van der Waals surface area contributed by atoms with E-state index in [0.717, 1.165) is 30.2 Å². The monoisotopic (exact) mass is 478 g/mol. The van der Waals surface area contributed by atoms with Crippen molar-refractivity contribution in [2.75, 3.05) is 41.0 Å². The lowest BCUT2D eigenvalue weighted by molar-refractivity contribution is -0.235. The Morgan fingerprint density at radius 2 is 1.94 bits per heavy atom. The molecular formula is C26H42N2O6. The standard InChI is InChI=1S/C26H42N2O6/c1-19(2)16-32-13-11-24-26(33-18-31-5,25(29)28(24)17-30-4)15-21-14-23(10-12-27-21)34-22-8-6-20(3)7-9-22/h10,12,14,19-20,22,24H,6-9,11,13,15-18H2,1-5H3/t20?,22?,24-,26+/m0/s1. The Kier molecular flexibility index (Phi) is 10.1. The Hall–Kier alpha value is -1.74. The number of hydrogen-bond donors (Lipinski definition) is 0. The summed E-state index contributed by atoms with van der Waals surface area (Å²) < 4.78 is 28.7. The number of nitrogens with zero attached hydrogens (tertiary/aromatic N) is 2. The molecular weight excluding hydrogens is 436 g/mol. The van der Waals surface area contributed by atoms with Crippen molar-refractivity contribution in [3.05, 3.63) is 24.0 Å². The quantitative estimate of drug-likeness (QED) is 0.228. The van der Waals surface area contributed by atoms with Gasteiger partial charge in [-0.1, -0.05) is 20.8 Å². The Bertz CT molecular complexity index is 767. The largest absolute Gasteiger partial charge is 0.490 e. The normalized spacial score (nSPS) is 27.2. The molecule has 3 rings (SSSR count). The number of amides is 1. The first-order valence-corrected chi connectivity index (χ1v) is 12.5. The molecule has 1 aliphatic heterocycles. The van der Waals surface area contributed by atoms with Crippen molar-refractivity contribution in [3.63, 3.8) is 0 Å². The molecule has 0 unspecified atom stereocenters. The van der Waals surface area contributed by atoms with E-state index in [2.05, 4.69) is 25.8 Å². The van der Waals surface area contributed by atoms with Gasteiger partial charge in [-0.15, -0.1) is 0 Å². The molecule has 1 amide bonds. The fourth-order valence-corrected chi connectivity index (χ4v) is 4.90. The molecule has 2 fully saturated rings. The van der Waals surface area contributed by atoms with Crippen LogP contribution >= 0.6 is 0 Å². The topological polar surface area (TPSA) is 79.4 Å². The van der Waals surface area contributed by atoms with Gasteiger partial charge in [-0.05, 0) is 50.0 Å². The second-order valence-corrected chi connectivity index (χ2v) is 10.1. The predicted molar refractivity (Wildman–Crippen MR) is 128 cm³/mol. The van der Waals surface area contributed by atoms with Gasteiger partial charge in [-0.2, -0.15) is 0 Å². The summed E-state index contributed by atoms with van der Waals surface area (Å²) >= 11 is 0. The molecule has 1 aromatic rings. The van der Waals surface area contributed by atoms with Gasteiger partial charge in [0.2, 0.25) is 0 Å². The van der Waals surface area contributed by atoms with Gasteiger partial charge < -0.3 is 28.6 Å². The molecule has 1 aromatic heterocycles. The van der Waals surface area contributed by atoms with Crippen molar-refractivity contribution in [1.29, 1.82) is 0 Å². The average Bonchev–Trinajstić information content (AvgIpc) is 2.82. The van der Waals surface area contributed by atoms with E-state index in [1.54, 1.807) is 25.3 Å². The van der Waals surface area contributed by atoms with E-state index in [9.17, 15) is 4.79 Å². The van der Waals surface area contributed by atoms with Crippen molar-refractivity contribution in [2.24, 2.45) is 11.8 Å². The highest BCUT2D eigenvalue weighted by atomic mass is 16.7. The van der Waals surface area contributed by atoms with Crippen LogP contribution in [0.15, 0.2) is 18.3 Å². The van der Waals surface area contributed by atoms with E-state index in [-0.39, 0.29) is 31.6 Å². The number of carbonyl (C=O) groups is 1. The second kappa shape index (κ2) is 12.8. The van der Waals surface area contributed by atoms with Crippen LogP contribution in [0.5, 0.6) is 5.75 Å². The lowest BCUT2D eigenvalue weighted by Crippen LogP contribution is -2.76. The van der Waals surface area contributed by atoms with Crippen LogP contribution in [0.2, 0.25) is 0 Å². The van der Waals surface area contributed by atoms with Crippen LogP contribution in [0.1, 0.15) is 58.6 Å². The van der Waals surface area contributed by atoms with Gasteiger partial charge in [-0.3, -0.25) is 9.78 Å². The number of methoxy groups -OCH3 is 2. The molecule has 2 atom stereocenters. The number of ether oxygens (including phenoxy) is 5. The van der Waals surface area contributed by atoms with Crippen molar-refractivity contribution in [2.45, 2.75) is 77.0 Å². The van der Waals surface area contributed by atoms with Crippen LogP contribution in [-0.4, -0.2) is 74.5 Å². The summed E-state index contributed by atoms with van der Waals surface area (Å²) in [5.74, 6) is 1.90. The molecule has 1 saturated heterocycles. The highest BCUT2D eigenvalue weighted by Crippen LogP contribution is 2.40. The predicted octanol–water partition coefficient (Wildman–Crippen LogP) is 3.82. The summed E-state index contributed by atoms with van der Waals surface area (Å²) in [6.07, 6.45) is 7.49. The molecule has 0 N–H and O–H groups in total. The van der Waals surface area contributed by atoms with Crippen molar-refractivity contribution >= 4 is 5.91 Å². The summed E-state index contributed by atoms with van der Waals surface area (Å²) in [5, 5.41) is 0. The van der Waals surface area contributed by atoms with E-state index >= 15 is 0 Å². The first-order valence-electron chi connectivity index (χ1n) is 12.5. The molecule has 0 radical (unpaired) electrons. The van der Waals surface area contributed by atoms with E-state index in [0.29, 0.717) is 32.0 Å². The summed E-state index contributed by atoms with van der Waals surface area (Å²) in [7, 11) is 3.15. The van der Waals surface area contributed by atoms with Crippen molar-refractivity contribution < 1.29 is 28.5 Å². The van der Waals surface area contributed by atoms with Crippen LogP contribution in [0.4, 0.5) is 0 Å². The minimum Gasteiger partial charge on any atom is -0.490 e. The van der Waals surface area contributed by atoms with Gasteiger partial charge in [0.25, 0.3) is 5.91 Å². The van der Waals surface area contributed by atoms with Crippen LogP contribution in [0.3, 0.4) is 0 Å². The number of rotatable bonds is 14. The maximum absolute atomic E-state index is 13.3. The van der Waals surface area contributed by atoms with Crippen LogP contribution in [0.25, 0.3) is 0 Å². The average molecular weight is 479 g/mol. The second-order valence-electron chi connectivity index (χ2n) is 10.1. The summed E-state index contributed by atoms with van der Waals surface area (Å²) in [4.78, 5) is 19.6. The van der Waals surface area contributed by atoms with E-state index < -0.39 is 5.60 Å². The summed E-state index contributed by atoms with van der Waals surface area (Å²) in [6.45, 7) is 7.97. The number of likely N-dealkylation sites (tertiary alicyclic amines) is 1. The zero-order valence-corrected chi connectivity index (χ0v) is 21.5. The fraction of sp³-hybridized carbons (Fsp3) is 0.769. The maximum atomic E-state index is 13.3. The van der Waals surface area contributed by atoms with Gasteiger partial charge in [-0.25, -0.2) is 0 Å². The number of aromatic nitrogens is 1. The van der Waals surface area contributed by atoms with Crippen molar-refractivity contribution in [1.82, 2.24) is 9.88 Å². The Morgan fingerprint density at radius 3 is 2.62 bits per heavy atom. The highest BCUT2D eigenvalue weighted by Gasteiger charge is 2.61. The molecule has 34 heavy (non-hydrogen) atoms. The van der Waals surface area contributed by atoms with Gasteiger partial charge >= 0.3 is 0 Å². The molecule has 1 aliphatic carbocycles. The first-order chi connectivity index (χ1) is 16.4. The third-order valence-electron chi connectivity index (χ3n) is 6.72. The molecule has 0 bridgehead atoms. The van der Waals surface area contributed by atoms with Crippen LogP contribution < -0.4 is 4.74 Å². The van der Waals surface area contributed by atoms with Crippen molar-refractivity contribution in [3.8, 4) is 5.75 Å². The number of hydrogen-bond acceptors (Lipinski definition) is 7. The van der Waals surface area contributed by atoms with Gasteiger partial charge in [0.15, 0.2) is 5.60 Å². The van der Waals surface area contributed by atoms with Crippen LogP contribution in [0, 0.1) is 11.8 Å². The number of carbonyl (C=O) groups excluding carboxylic acids is 1. The summed E-state index contributed by atoms with van der Waals surface area (Å²) in [6, 6.07) is 3.63. The third-order valence-corrected chi connectivity index (χ3v) is 6.72. The molecule has 2 heterocycles. The Balaban J connectivity index is 1.74. The Morgan fingerprint density at radius 1 is 1.18 bits per heavy atom. The van der Waals surface area contributed by atoms with E-state index in [4.69, 9.17) is 23.7 Å². The van der Waals surface area contributed by atoms with E-state index in [1.807, 2.05) is 12.1 Å².